The van der Waals surface area contributed by atoms with Crippen molar-refractivity contribution in [3.63, 3.8) is 0 Å². The fourth-order valence-corrected chi connectivity index (χ4v) is 3.33. The molecule has 1 aliphatic rings. The van der Waals surface area contributed by atoms with Crippen LogP contribution >= 0.6 is 0 Å². The molecule has 1 fully saturated rings. The largest absolute Gasteiger partial charge is 0.307 e. The predicted octanol–water partition coefficient (Wildman–Crippen LogP) is 1.84. The maximum absolute atomic E-state index is 4.70. The molecule has 22 heavy (non-hydrogen) atoms. The van der Waals surface area contributed by atoms with E-state index < -0.39 is 0 Å². The highest BCUT2D eigenvalue weighted by molar-refractivity contribution is 5.39. The molecule has 0 radical (unpaired) electrons. The highest BCUT2D eigenvalue weighted by Gasteiger charge is 2.21. The van der Waals surface area contributed by atoms with E-state index in [0.717, 1.165) is 37.5 Å². The minimum atomic E-state index is 0.646. The van der Waals surface area contributed by atoms with Crippen LogP contribution in [0, 0.1) is 5.92 Å². The van der Waals surface area contributed by atoms with Crippen LogP contribution in [-0.2, 0) is 13.1 Å². The molecule has 0 saturated carbocycles. The Morgan fingerprint density at radius 1 is 1.27 bits per heavy atom. The number of aromatic nitrogens is 5. The van der Waals surface area contributed by atoms with E-state index in [1.807, 2.05) is 22.9 Å². The van der Waals surface area contributed by atoms with Gasteiger partial charge in [0.05, 0.1) is 5.69 Å². The van der Waals surface area contributed by atoms with E-state index in [0.29, 0.717) is 5.92 Å². The van der Waals surface area contributed by atoms with Crippen LogP contribution in [-0.4, -0.2) is 42.1 Å². The molecule has 0 bridgehead atoms. The van der Waals surface area contributed by atoms with Crippen molar-refractivity contribution in [3.8, 4) is 0 Å². The maximum atomic E-state index is 4.70. The van der Waals surface area contributed by atoms with Gasteiger partial charge in [-0.3, -0.25) is 9.58 Å². The van der Waals surface area contributed by atoms with Crippen molar-refractivity contribution in [3.05, 3.63) is 48.9 Å². The molecular formula is C16H20N6. The van der Waals surface area contributed by atoms with E-state index in [2.05, 4.69) is 31.8 Å². The van der Waals surface area contributed by atoms with Gasteiger partial charge in [-0.05, 0) is 37.4 Å². The Kier molecular flexibility index (Phi) is 3.60. The molecule has 3 aromatic heterocycles. The van der Waals surface area contributed by atoms with Gasteiger partial charge in [0, 0.05) is 32.0 Å². The molecule has 0 aliphatic carbocycles. The van der Waals surface area contributed by atoms with Crippen LogP contribution in [0.1, 0.15) is 18.5 Å². The molecule has 0 aromatic carbocycles. The second-order valence-electron chi connectivity index (χ2n) is 6.06. The van der Waals surface area contributed by atoms with E-state index in [1.54, 1.807) is 12.7 Å². The summed E-state index contributed by atoms with van der Waals surface area (Å²) in [4.78, 5) is 11.2. The molecule has 1 atom stereocenters. The molecule has 1 aliphatic heterocycles. The summed E-state index contributed by atoms with van der Waals surface area (Å²) in [5.74, 6) is 0.646. The standard InChI is InChI=1S/C16H20N6/c1-2-7-21-11-15(19-16(21)5-1)10-20-6-3-4-14(8-20)9-22-13-17-12-18-22/h1-2,5,7,11-14H,3-4,6,8-10H2/t14-/m1/s1. The zero-order valence-corrected chi connectivity index (χ0v) is 12.5. The summed E-state index contributed by atoms with van der Waals surface area (Å²) in [6.45, 7) is 4.15. The molecule has 0 spiro atoms. The third-order valence-electron chi connectivity index (χ3n) is 4.31. The topological polar surface area (TPSA) is 51.2 Å². The number of fused-ring (bicyclic) bond motifs is 1. The maximum Gasteiger partial charge on any atom is 0.137 e. The lowest BCUT2D eigenvalue weighted by molar-refractivity contribution is 0.152. The first kappa shape index (κ1) is 13.5. The molecule has 114 valence electrons. The number of likely N-dealkylation sites (tertiary alicyclic amines) is 1. The van der Waals surface area contributed by atoms with Crippen molar-refractivity contribution in [1.82, 2.24) is 29.0 Å². The fraction of sp³-hybridized carbons (Fsp3) is 0.438. The SMILES string of the molecule is c1ccn2cc(CN3CCC[C@@H](Cn4cncn4)C3)nc2c1. The minimum absolute atomic E-state index is 0.646. The summed E-state index contributed by atoms with van der Waals surface area (Å²) >= 11 is 0. The lowest BCUT2D eigenvalue weighted by Gasteiger charge is -2.32. The number of hydrogen-bond donors (Lipinski definition) is 0. The zero-order chi connectivity index (χ0) is 14.8. The lowest BCUT2D eigenvalue weighted by Crippen LogP contribution is -2.36. The number of imidazole rings is 1. The van der Waals surface area contributed by atoms with Gasteiger partial charge in [-0.15, -0.1) is 0 Å². The number of hydrogen-bond acceptors (Lipinski definition) is 4. The molecule has 4 rings (SSSR count). The van der Waals surface area contributed by atoms with Gasteiger partial charge in [0.15, 0.2) is 0 Å². The van der Waals surface area contributed by atoms with Gasteiger partial charge in [0.1, 0.15) is 18.3 Å². The third kappa shape index (κ3) is 2.87. The zero-order valence-electron chi connectivity index (χ0n) is 12.5. The fourth-order valence-electron chi connectivity index (χ4n) is 3.33. The van der Waals surface area contributed by atoms with Crippen LogP contribution < -0.4 is 0 Å². The molecular weight excluding hydrogens is 276 g/mol. The van der Waals surface area contributed by atoms with Crippen LogP contribution in [0.2, 0.25) is 0 Å². The molecule has 6 heteroatoms. The molecule has 6 nitrogen and oxygen atoms in total. The quantitative estimate of drug-likeness (QED) is 0.737. The Hall–Kier alpha value is -2.21. The molecule has 0 amide bonds. The highest BCUT2D eigenvalue weighted by Crippen LogP contribution is 2.19. The highest BCUT2D eigenvalue weighted by atomic mass is 15.3. The van der Waals surface area contributed by atoms with Crippen molar-refractivity contribution in [1.29, 1.82) is 0 Å². The summed E-state index contributed by atoms with van der Waals surface area (Å²) in [6.07, 6.45) is 10.1. The Morgan fingerprint density at radius 2 is 2.27 bits per heavy atom. The number of rotatable bonds is 4. The average molecular weight is 296 g/mol. The second kappa shape index (κ2) is 5.88. The van der Waals surface area contributed by atoms with E-state index in [4.69, 9.17) is 4.98 Å². The normalized spacial score (nSPS) is 19.7. The van der Waals surface area contributed by atoms with Gasteiger partial charge in [-0.2, -0.15) is 5.10 Å². The van der Waals surface area contributed by atoms with Crippen LogP contribution in [0.4, 0.5) is 0 Å². The number of piperidine rings is 1. The molecule has 3 aromatic rings. The van der Waals surface area contributed by atoms with E-state index in [1.165, 1.54) is 12.8 Å². The molecule has 4 heterocycles. The smallest absolute Gasteiger partial charge is 0.137 e. The van der Waals surface area contributed by atoms with E-state index in [-0.39, 0.29) is 0 Å². The van der Waals surface area contributed by atoms with E-state index >= 15 is 0 Å². The first-order valence-corrected chi connectivity index (χ1v) is 7.84. The van der Waals surface area contributed by atoms with Crippen molar-refractivity contribution in [2.45, 2.75) is 25.9 Å². The van der Waals surface area contributed by atoms with Crippen molar-refractivity contribution in [2.75, 3.05) is 13.1 Å². The Bertz CT molecular complexity index is 699. The van der Waals surface area contributed by atoms with E-state index in [9.17, 15) is 0 Å². The van der Waals surface area contributed by atoms with Crippen molar-refractivity contribution >= 4 is 5.65 Å². The Labute approximate surface area is 129 Å². The first-order chi connectivity index (χ1) is 10.9. The summed E-state index contributed by atoms with van der Waals surface area (Å²) in [7, 11) is 0. The first-order valence-electron chi connectivity index (χ1n) is 7.84. The third-order valence-corrected chi connectivity index (χ3v) is 4.31. The summed E-state index contributed by atoms with van der Waals surface area (Å²) < 4.78 is 4.03. The summed E-state index contributed by atoms with van der Waals surface area (Å²) in [6, 6.07) is 6.11. The number of nitrogens with zero attached hydrogens (tertiary/aromatic N) is 6. The lowest BCUT2D eigenvalue weighted by atomic mass is 9.98. The predicted molar refractivity (Wildman–Crippen MR) is 83.2 cm³/mol. The van der Waals surface area contributed by atoms with Gasteiger partial charge in [0.2, 0.25) is 0 Å². The van der Waals surface area contributed by atoms with Gasteiger partial charge in [0.25, 0.3) is 0 Å². The Morgan fingerprint density at radius 3 is 3.14 bits per heavy atom. The van der Waals surface area contributed by atoms with Crippen LogP contribution in [0.25, 0.3) is 5.65 Å². The van der Waals surface area contributed by atoms with Gasteiger partial charge in [-0.1, -0.05) is 6.07 Å². The van der Waals surface area contributed by atoms with Crippen molar-refractivity contribution < 1.29 is 0 Å². The van der Waals surface area contributed by atoms with Crippen LogP contribution in [0.5, 0.6) is 0 Å². The van der Waals surface area contributed by atoms with Gasteiger partial charge < -0.3 is 4.40 Å². The second-order valence-corrected chi connectivity index (χ2v) is 6.06. The Balaban J connectivity index is 1.41. The van der Waals surface area contributed by atoms with Crippen LogP contribution in [0.15, 0.2) is 43.2 Å². The van der Waals surface area contributed by atoms with Gasteiger partial charge >= 0.3 is 0 Å². The average Bonchev–Trinajstić information content (AvgIpc) is 3.16. The van der Waals surface area contributed by atoms with Crippen molar-refractivity contribution in [2.24, 2.45) is 5.92 Å². The minimum Gasteiger partial charge on any atom is -0.307 e. The monoisotopic (exact) mass is 296 g/mol. The summed E-state index contributed by atoms with van der Waals surface area (Å²) in [5, 5.41) is 4.22. The van der Waals surface area contributed by atoms with Gasteiger partial charge in [-0.25, -0.2) is 9.97 Å². The number of pyridine rings is 1. The summed E-state index contributed by atoms with van der Waals surface area (Å²) in [5.41, 5.74) is 2.17. The molecule has 0 unspecified atom stereocenters. The molecule has 1 saturated heterocycles. The molecule has 0 N–H and O–H groups in total. The van der Waals surface area contributed by atoms with Crippen LogP contribution in [0.3, 0.4) is 0 Å².